The fourth-order valence-corrected chi connectivity index (χ4v) is 5.71. The van der Waals surface area contributed by atoms with Gasteiger partial charge >= 0.3 is 6.03 Å². The van der Waals surface area contributed by atoms with Gasteiger partial charge in [-0.2, -0.15) is 5.43 Å². The smallest absolute Gasteiger partial charge is 0.337 e. The molecule has 3 fully saturated rings. The standard InChI is InChI=1S/C21H23N5O4S/c1-23(14-6-3-2-4-7-14)17(27)13-25-21(29)26-16-9-11-31-18(16)19(28)24(20(26)22-25)12-15-8-5-10-30-15/h2-8,10,16,18,20,22H,9,11-13H2,1H3. The Labute approximate surface area is 183 Å². The monoisotopic (exact) mass is 441 g/mol. The molecule has 4 amide bonds. The highest BCUT2D eigenvalue weighted by Crippen LogP contribution is 2.39. The van der Waals surface area contributed by atoms with Crippen LogP contribution in [0.25, 0.3) is 0 Å². The van der Waals surface area contributed by atoms with Gasteiger partial charge in [0.15, 0.2) is 6.29 Å². The van der Waals surface area contributed by atoms with Crippen molar-refractivity contribution in [1.29, 1.82) is 0 Å². The van der Waals surface area contributed by atoms with E-state index in [4.69, 9.17) is 4.42 Å². The molecular weight excluding hydrogens is 418 g/mol. The van der Waals surface area contributed by atoms with Crippen LogP contribution in [0, 0.1) is 0 Å². The number of fused-ring (bicyclic) bond motifs is 3. The summed E-state index contributed by atoms with van der Waals surface area (Å²) in [6.45, 7) is 0.118. The number of likely N-dealkylation sites (N-methyl/N-ethyl adjacent to an activating group) is 1. The lowest BCUT2D eigenvalue weighted by Gasteiger charge is -2.43. The van der Waals surface area contributed by atoms with Gasteiger partial charge in [0.25, 0.3) is 0 Å². The topological polar surface area (TPSA) is 89.3 Å². The molecule has 2 aromatic rings. The summed E-state index contributed by atoms with van der Waals surface area (Å²) < 4.78 is 5.44. The molecule has 1 aromatic heterocycles. The van der Waals surface area contributed by atoms with E-state index in [-0.39, 0.29) is 42.2 Å². The second-order valence-corrected chi connectivity index (χ2v) is 9.01. The van der Waals surface area contributed by atoms with E-state index in [0.29, 0.717) is 5.76 Å². The normalized spacial score (nSPS) is 25.1. The molecule has 4 heterocycles. The maximum atomic E-state index is 13.3. The predicted molar refractivity (Wildman–Crippen MR) is 115 cm³/mol. The fourth-order valence-electron chi connectivity index (χ4n) is 4.31. The van der Waals surface area contributed by atoms with Gasteiger partial charge in [-0.15, -0.1) is 11.8 Å². The van der Waals surface area contributed by atoms with Crippen LogP contribution in [0.3, 0.4) is 0 Å². The van der Waals surface area contributed by atoms with E-state index in [0.717, 1.165) is 17.9 Å². The van der Waals surface area contributed by atoms with Crippen molar-refractivity contribution in [3.05, 3.63) is 54.5 Å². The van der Waals surface area contributed by atoms with E-state index in [9.17, 15) is 14.4 Å². The number of thioether (sulfide) groups is 1. The minimum Gasteiger partial charge on any atom is -0.467 e. The second-order valence-electron chi connectivity index (χ2n) is 7.76. The number of furan rings is 1. The minimum absolute atomic E-state index is 0.0139. The summed E-state index contributed by atoms with van der Waals surface area (Å²) in [4.78, 5) is 44.2. The predicted octanol–water partition coefficient (Wildman–Crippen LogP) is 1.68. The van der Waals surface area contributed by atoms with E-state index < -0.39 is 6.29 Å². The van der Waals surface area contributed by atoms with E-state index in [1.165, 1.54) is 9.91 Å². The van der Waals surface area contributed by atoms with Crippen LogP contribution < -0.4 is 10.3 Å². The van der Waals surface area contributed by atoms with Gasteiger partial charge in [0, 0.05) is 12.7 Å². The molecule has 9 nitrogen and oxygen atoms in total. The van der Waals surface area contributed by atoms with Crippen LogP contribution in [-0.2, 0) is 16.1 Å². The van der Waals surface area contributed by atoms with Gasteiger partial charge in [0.05, 0.1) is 18.8 Å². The molecule has 0 spiro atoms. The van der Waals surface area contributed by atoms with Crippen molar-refractivity contribution in [2.45, 2.75) is 30.5 Å². The highest BCUT2D eigenvalue weighted by atomic mass is 32.2. The first kappa shape index (κ1) is 20.0. The Hall–Kier alpha value is -2.98. The molecule has 162 valence electrons. The number of amides is 4. The SMILES string of the molecule is CN(C(=O)CN1NC2N(Cc3ccco3)C(=O)C3SCCC3N2C1=O)c1ccccc1. The van der Waals surface area contributed by atoms with E-state index >= 15 is 0 Å². The Morgan fingerprint density at radius 1 is 1.23 bits per heavy atom. The average molecular weight is 442 g/mol. The third kappa shape index (κ3) is 3.45. The number of benzene rings is 1. The molecule has 0 radical (unpaired) electrons. The zero-order chi connectivity index (χ0) is 21.5. The number of hydrazine groups is 1. The van der Waals surface area contributed by atoms with Crippen LogP contribution >= 0.6 is 11.8 Å². The number of nitrogens with one attached hydrogen (secondary N) is 1. The molecule has 1 N–H and O–H groups in total. The molecule has 1 aromatic carbocycles. The molecule has 10 heteroatoms. The first-order valence-electron chi connectivity index (χ1n) is 10.2. The lowest BCUT2D eigenvalue weighted by atomic mass is 10.1. The summed E-state index contributed by atoms with van der Waals surface area (Å²) in [5.41, 5.74) is 3.85. The number of anilines is 1. The second kappa shape index (κ2) is 7.93. The molecule has 31 heavy (non-hydrogen) atoms. The van der Waals surface area contributed by atoms with Crippen LogP contribution in [0.4, 0.5) is 10.5 Å². The van der Waals surface area contributed by atoms with Crippen molar-refractivity contribution < 1.29 is 18.8 Å². The summed E-state index contributed by atoms with van der Waals surface area (Å²) >= 11 is 1.58. The van der Waals surface area contributed by atoms with Crippen molar-refractivity contribution in [2.75, 3.05) is 24.2 Å². The molecule has 0 bridgehead atoms. The summed E-state index contributed by atoms with van der Waals surface area (Å²) in [5.74, 6) is 1.22. The Bertz CT molecular complexity index is 985. The molecular formula is C21H23N5O4S. The Kier molecular flexibility index (Phi) is 5.11. The molecule has 3 aliphatic heterocycles. The largest absolute Gasteiger partial charge is 0.467 e. The number of nitrogens with zero attached hydrogens (tertiary/aromatic N) is 4. The van der Waals surface area contributed by atoms with E-state index in [1.807, 2.05) is 30.3 Å². The lowest BCUT2D eigenvalue weighted by molar-refractivity contribution is -0.145. The highest BCUT2D eigenvalue weighted by molar-refractivity contribution is 8.00. The van der Waals surface area contributed by atoms with Gasteiger partial charge < -0.3 is 9.32 Å². The van der Waals surface area contributed by atoms with Crippen molar-refractivity contribution in [3.63, 3.8) is 0 Å². The molecule has 0 aliphatic carbocycles. The number of hydrogen-bond acceptors (Lipinski definition) is 6. The van der Waals surface area contributed by atoms with Crippen molar-refractivity contribution >= 4 is 35.3 Å². The van der Waals surface area contributed by atoms with Gasteiger partial charge in [-0.05, 0) is 36.4 Å². The maximum absolute atomic E-state index is 13.3. The van der Waals surface area contributed by atoms with Crippen LogP contribution in [0.1, 0.15) is 12.2 Å². The summed E-state index contributed by atoms with van der Waals surface area (Å²) in [6, 6.07) is 12.4. The minimum atomic E-state index is -0.639. The third-order valence-electron chi connectivity index (χ3n) is 5.94. The van der Waals surface area contributed by atoms with Gasteiger partial charge in [0.2, 0.25) is 11.8 Å². The van der Waals surface area contributed by atoms with Gasteiger partial charge in [-0.1, -0.05) is 18.2 Å². The third-order valence-corrected chi connectivity index (χ3v) is 7.29. The molecule has 0 saturated carbocycles. The number of urea groups is 1. The van der Waals surface area contributed by atoms with Crippen molar-refractivity contribution in [1.82, 2.24) is 20.2 Å². The van der Waals surface area contributed by atoms with Gasteiger partial charge in [0.1, 0.15) is 17.6 Å². The lowest BCUT2D eigenvalue weighted by Crippen LogP contribution is -2.65. The Balaban J connectivity index is 1.37. The van der Waals surface area contributed by atoms with Crippen molar-refractivity contribution in [3.8, 4) is 0 Å². The summed E-state index contributed by atoms with van der Waals surface area (Å²) in [7, 11) is 1.68. The highest BCUT2D eigenvalue weighted by Gasteiger charge is 2.56. The maximum Gasteiger partial charge on any atom is 0.337 e. The Morgan fingerprint density at radius 3 is 2.77 bits per heavy atom. The van der Waals surface area contributed by atoms with Crippen molar-refractivity contribution in [2.24, 2.45) is 0 Å². The van der Waals surface area contributed by atoms with Gasteiger partial charge in [-0.25, -0.2) is 9.80 Å². The molecule has 3 saturated heterocycles. The Morgan fingerprint density at radius 2 is 2.03 bits per heavy atom. The number of carbonyl (C=O) groups excluding carboxylic acids is 3. The first-order valence-corrected chi connectivity index (χ1v) is 11.2. The fraction of sp³-hybridized carbons (Fsp3) is 0.381. The zero-order valence-electron chi connectivity index (χ0n) is 17.0. The van der Waals surface area contributed by atoms with Crippen LogP contribution in [0.5, 0.6) is 0 Å². The van der Waals surface area contributed by atoms with Gasteiger partial charge in [-0.3, -0.25) is 19.4 Å². The zero-order valence-corrected chi connectivity index (χ0v) is 17.8. The number of rotatable bonds is 5. The summed E-state index contributed by atoms with van der Waals surface area (Å²) in [5, 5.41) is 1.03. The molecule has 5 rings (SSSR count). The first-order chi connectivity index (χ1) is 15.0. The quantitative estimate of drug-likeness (QED) is 0.760. The molecule has 3 unspecified atom stereocenters. The summed E-state index contributed by atoms with van der Waals surface area (Å²) in [6.07, 6.45) is 1.68. The van der Waals surface area contributed by atoms with E-state index in [2.05, 4.69) is 5.43 Å². The van der Waals surface area contributed by atoms with Crippen LogP contribution in [-0.4, -0.2) is 69.6 Å². The van der Waals surface area contributed by atoms with E-state index in [1.54, 1.807) is 47.0 Å². The molecule has 3 aliphatic rings. The van der Waals surface area contributed by atoms with Crippen LogP contribution in [0.2, 0.25) is 0 Å². The number of carbonyl (C=O) groups is 3. The number of para-hydroxylation sites is 1. The molecule has 3 atom stereocenters. The average Bonchev–Trinajstić information content (AvgIpc) is 3.52. The number of hydrogen-bond donors (Lipinski definition) is 1. The van der Waals surface area contributed by atoms with Crippen LogP contribution in [0.15, 0.2) is 53.1 Å².